The van der Waals surface area contributed by atoms with Gasteiger partial charge in [-0.05, 0) is 48.6 Å². The van der Waals surface area contributed by atoms with Gasteiger partial charge in [-0.3, -0.25) is 19.2 Å². The molecule has 3 aliphatic rings. The zero-order valence-corrected chi connectivity index (χ0v) is 28.2. The van der Waals surface area contributed by atoms with Crippen LogP contribution in [0.2, 0.25) is 0 Å². The van der Waals surface area contributed by atoms with Gasteiger partial charge in [0.1, 0.15) is 22.0 Å². The van der Waals surface area contributed by atoms with Crippen LogP contribution >= 0.6 is 11.8 Å². The summed E-state index contributed by atoms with van der Waals surface area (Å²) in [6.45, 7) is 4.88. The van der Waals surface area contributed by atoms with Crippen LogP contribution < -0.4 is 16.0 Å². The van der Waals surface area contributed by atoms with Gasteiger partial charge in [0.15, 0.2) is 0 Å². The van der Waals surface area contributed by atoms with Gasteiger partial charge in [0.25, 0.3) is 5.91 Å². The first-order valence-corrected chi connectivity index (χ1v) is 17.4. The van der Waals surface area contributed by atoms with E-state index in [1.54, 1.807) is 30.9 Å². The predicted octanol–water partition coefficient (Wildman–Crippen LogP) is 4.79. The summed E-state index contributed by atoms with van der Waals surface area (Å²) in [5.74, 6) is -8.39. The fraction of sp³-hybridized carbons (Fsp3) is 0.514. The summed E-state index contributed by atoms with van der Waals surface area (Å²) in [6.07, 6.45) is 4.08. The number of nitrogens with zero attached hydrogens (tertiary/aromatic N) is 2. The molecule has 14 heteroatoms. The Kier molecular flexibility index (Phi) is 11.2. The monoisotopic (exact) mass is 699 g/mol. The smallest absolute Gasteiger partial charge is 0.349 e. The summed E-state index contributed by atoms with van der Waals surface area (Å²) >= 11 is 1.06. The van der Waals surface area contributed by atoms with Crippen LogP contribution in [0.1, 0.15) is 75.0 Å². The van der Waals surface area contributed by atoms with Gasteiger partial charge < -0.3 is 25.6 Å². The molecule has 2 aromatic rings. The normalized spacial score (nSPS) is 22.3. The number of amides is 4. The lowest BCUT2D eigenvalue weighted by Crippen LogP contribution is -2.53. The van der Waals surface area contributed by atoms with Crippen molar-refractivity contribution in [2.24, 2.45) is 5.92 Å². The van der Waals surface area contributed by atoms with Gasteiger partial charge in [0.05, 0.1) is 30.5 Å². The lowest BCUT2D eigenvalue weighted by Gasteiger charge is -2.33. The number of halogens is 3. The number of nitriles is 1. The SMILES string of the molecule is CCC(=O)N[C@@H](C(=O)N1CCOCC1)[C@@H](C)c1ccc(NC(=O)[C@]2(C3CCCCC3)SC2NC(=O)C(F)(F)c2cccc(C#N)c2)c(F)c1. The molecule has 0 bridgehead atoms. The van der Waals surface area contributed by atoms with Crippen LogP contribution in [0.3, 0.4) is 0 Å². The molecule has 0 spiro atoms. The van der Waals surface area contributed by atoms with Gasteiger partial charge in [-0.1, -0.05) is 51.3 Å². The lowest BCUT2D eigenvalue weighted by atomic mass is 9.79. The first-order chi connectivity index (χ1) is 23.4. The number of alkyl halides is 2. The van der Waals surface area contributed by atoms with Gasteiger partial charge in [-0.15, -0.1) is 11.8 Å². The number of carbonyl (C=O) groups is 4. The van der Waals surface area contributed by atoms with Crippen molar-refractivity contribution in [2.75, 3.05) is 31.6 Å². The molecule has 5 rings (SSSR count). The Morgan fingerprint density at radius 2 is 1.82 bits per heavy atom. The Morgan fingerprint density at radius 3 is 2.47 bits per heavy atom. The molecule has 1 unspecified atom stereocenters. The number of anilines is 1. The minimum Gasteiger partial charge on any atom is -0.378 e. The number of nitrogens with one attached hydrogen (secondary N) is 3. The van der Waals surface area contributed by atoms with Crippen molar-refractivity contribution >= 4 is 41.1 Å². The average molecular weight is 700 g/mol. The van der Waals surface area contributed by atoms with E-state index in [-0.39, 0.29) is 35.4 Å². The largest absolute Gasteiger partial charge is 0.378 e. The molecule has 0 aromatic heterocycles. The molecule has 4 atom stereocenters. The molecule has 10 nitrogen and oxygen atoms in total. The summed E-state index contributed by atoms with van der Waals surface area (Å²) in [5, 5.41) is 15.9. The van der Waals surface area contributed by atoms with E-state index in [4.69, 9.17) is 10.00 Å². The molecule has 0 radical (unpaired) electrons. The van der Waals surface area contributed by atoms with Crippen molar-refractivity contribution in [3.63, 3.8) is 0 Å². The van der Waals surface area contributed by atoms with E-state index in [0.717, 1.165) is 43.2 Å². The predicted molar refractivity (Wildman–Crippen MR) is 177 cm³/mol. The number of rotatable bonds is 11. The maximum Gasteiger partial charge on any atom is 0.349 e. The minimum atomic E-state index is -3.96. The third kappa shape index (κ3) is 7.73. The summed E-state index contributed by atoms with van der Waals surface area (Å²) in [6, 6.07) is 9.63. The third-order valence-electron chi connectivity index (χ3n) is 9.61. The molecule has 2 aliphatic heterocycles. The highest BCUT2D eigenvalue weighted by atomic mass is 32.2. The minimum absolute atomic E-state index is 0.0194. The highest BCUT2D eigenvalue weighted by Gasteiger charge is 2.67. The van der Waals surface area contributed by atoms with E-state index >= 15 is 13.2 Å². The average Bonchev–Trinajstić information content (AvgIpc) is 3.86. The van der Waals surface area contributed by atoms with Crippen molar-refractivity contribution in [1.82, 2.24) is 15.5 Å². The van der Waals surface area contributed by atoms with Crippen LogP contribution in [0.15, 0.2) is 42.5 Å². The molecule has 2 aromatic carbocycles. The maximum absolute atomic E-state index is 15.7. The summed E-state index contributed by atoms with van der Waals surface area (Å²) < 4.78 is 50.2. The van der Waals surface area contributed by atoms with Gasteiger partial charge in [0.2, 0.25) is 17.7 Å². The van der Waals surface area contributed by atoms with E-state index in [1.807, 2.05) is 0 Å². The summed E-state index contributed by atoms with van der Waals surface area (Å²) in [7, 11) is 0. The molecule has 49 heavy (non-hydrogen) atoms. The van der Waals surface area contributed by atoms with E-state index < -0.39 is 51.2 Å². The number of hydrogen-bond acceptors (Lipinski definition) is 7. The Hall–Kier alpha value is -4.09. The number of morpholine rings is 1. The van der Waals surface area contributed by atoms with Crippen LogP contribution in [0.4, 0.5) is 18.9 Å². The molecule has 1 aliphatic carbocycles. The highest BCUT2D eigenvalue weighted by molar-refractivity contribution is 8.09. The second-order valence-corrected chi connectivity index (χ2v) is 14.1. The van der Waals surface area contributed by atoms with Crippen LogP contribution in [0.5, 0.6) is 0 Å². The van der Waals surface area contributed by atoms with E-state index in [1.165, 1.54) is 24.3 Å². The fourth-order valence-corrected chi connectivity index (χ4v) is 8.04. The highest BCUT2D eigenvalue weighted by Crippen LogP contribution is 2.61. The van der Waals surface area contributed by atoms with Crippen molar-refractivity contribution in [3.8, 4) is 6.07 Å². The van der Waals surface area contributed by atoms with Crippen molar-refractivity contribution in [3.05, 3.63) is 65.0 Å². The topological polar surface area (TPSA) is 141 Å². The number of hydrogen-bond donors (Lipinski definition) is 3. The zero-order chi connectivity index (χ0) is 35.3. The fourth-order valence-electron chi connectivity index (χ4n) is 6.61. The van der Waals surface area contributed by atoms with E-state index in [9.17, 15) is 19.2 Å². The number of carbonyl (C=O) groups excluding carboxylic acids is 4. The molecular formula is C35H40F3N5O5S. The molecule has 1 saturated carbocycles. The standard InChI is InChI=1S/C35H40F3N5O5S/c1-3-28(44)41-29(30(45)43-14-16-48-17-15-43)21(2)23-12-13-27(26(36)19-23)40-31(46)34(24-9-5-4-6-10-24)33(49-34)42-32(47)35(37,38)25-11-7-8-22(18-25)20-39/h7-8,11-13,18-19,21,24,29,33H,3-6,9-10,14-17H2,1-2H3,(H,40,46)(H,41,44)(H,42,47)/t21-,29+,33?,34-/m0/s1. The maximum atomic E-state index is 15.7. The van der Waals surface area contributed by atoms with Crippen molar-refractivity contribution < 1.29 is 37.1 Å². The van der Waals surface area contributed by atoms with Crippen molar-refractivity contribution in [1.29, 1.82) is 5.26 Å². The Labute approximate surface area is 287 Å². The van der Waals surface area contributed by atoms with Gasteiger partial charge in [-0.2, -0.15) is 14.0 Å². The molecule has 262 valence electrons. The first-order valence-electron chi connectivity index (χ1n) is 16.6. The quantitative estimate of drug-likeness (QED) is 0.287. The number of ether oxygens (including phenoxy) is 1. The van der Waals surface area contributed by atoms with Crippen LogP contribution in [0.25, 0.3) is 0 Å². The van der Waals surface area contributed by atoms with Gasteiger partial charge in [-0.25, -0.2) is 4.39 Å². The Morgan fingerprint density at radius 1 is 1.10 bits per heavy atom. The Balaban J connectivity index is 1.33. The molecule has 2 heterocycles. The summed E-state index contributed by atoms with van der Waals surface area (Å²) in [4.78, 5) is 54.2. The molecule has 3 N–H and O–H groups in total. The Bertz CT molecular complexity index is 1620. The third-order valence-corrected chi connectivity index (χ3v) is 11.2. The molecule has 2 saturated heterocycles. The second kappa shape index (κ2) is 15.2. The molecule has 3 fully saturated rings. The van der Waals surface area contributed by atoms with E-state index in [0.29, 0.717) is 44.7 Å². The lowest BCUT2D eigenvalue weighted by molar-refractivity contribution is -0.147. The van der Waals surface area contributed by atoms with Crippen LogP contribution in [0, 0.1) is 23.1 Å². The summed E-state index contributed by atoms with van der Waals surface area (Å²) in [5.41, 5.74) is -0.369. The first kappa shape index (κ1) is 36.2. The van der Waals surface area contributed by atoms with E-state index in [2.05, 4.69) is 16.0 Å². The molecule has 4 amide bonds. The van der Waals surface area contributed by atoms with Gasteiger partial charge in [0, 0.05) is 31.0 Å². The van der Waals surface area contributed by atoms with Crippen molar-refractivity contribution in [2.45, 2.75) is 80.4 Å². The van der Waals surface area contributed by atoms with Crippen LogP contribution in [-0.4, -0.2) is 71.0 Å². The van der Waals surface area contributed by atoms with Crippen LogP contribution in [-0.2, 0) is 29.8 Å². The zero-order valence-electron chi connectivity index (χ0n) is 27.4. The second-order valence-electron chi connectivity index (χ2n) is 12.7. The number of thioether (sulfide) groups is 1. The van der Waals surface area contributed by atoms with Gasteiger partial charge >= 0.3 is 5.92 Å². The molecular weight excluding hydrogens is 659 g/mol. The number of benzene rings is 2.